The van der Waals surface area contributed by atoms with Gasteiger partial charge in [-0.05, 0) is 54.8 Å². The van der Waals surface area contributed by atoms with Crippen molar-refractivity contribution in [2.24, 2.45) is 0 Å². The molecule has 0 bridgehead atoms. The largest absolute Gasteiger partial charge is 0.340 e. The lowest BCUT2D eigenvalue weighted by atomic mass is 10.1. The Morgan fingerprint density at radius 2 is 1.73 bits per heavy atom. The summed E-state index contributed by atoms with van der Waals surface area (Å²) in [6.07, 6.45) is 0.102. The minimum Gasteiger partial charge on any atom is -0.340 e. The third kappa shape index (κ3) is 5.44. The van der Waals surface area contributed by atoms with Crippen molar-refractivity contribution in [2.75, 3.05) is 32.7 Å². The number of nitrogens with zero attached hydrogens (tertiary/aromatic N) is 2. The van der Waals surface area contributed by atoms with Crippen LogP contribution in [0.25, 0.3) is 0 Å². The minimum absolute atomic E-state index is 0.0594. The molecule has 8 heteroatoms. The molecule has 0 aromatic heterocycles. The summed E-state index contributed by atoms with van der Waals surface area (Å²) >= 11 is 0. The summed E-state index contributed by atoms with van der Waals surface area (Å²) in [4.78, 5) is 14.5. The normalized spacial score (nSPS) is 14.9. The molecule has 1 N–H and O–H groups in total. The van der Waals surface area contributed by atoms with Crippen LogP contribution in [0.3, 0.4) is 0 Å². The van der Waals surface area contributed by atoms with Gasteiger partial charge in [-0.25, -0.2) is 12.8 Å². The standard InChI is InChI=1S/C22H28FN3O3S/c1-17-3-8-21(15-18(17)2)30(28,29)26(16-19-4-6-20(23)7-5-19)12-9-22(27)25-13-10-24-11-14-25/h3-8,15,24H,9-14,16H2,1-2H3. The van der Waals surface area contributed by atoms with Crippen LogP contribution >= 0.6 is 0 Å². The highest BCUT2D eigenvalue weighted by Crippen LogP contribution is 2.22. The maximum atomic E-state index is 13.4. The number of hydrogen-bond acceptors (Lipinski definition) is 4. The summed E-state index contributed by atoms with van der Waals surface area (Å²) in [6.45, 7) is 6.67. The van der Waals surface area contributed by atoms with E-state index < -0.39 is 10.0 Å². The predicted molar refractivity (Wildman–Crippen MR) is 114 cm³/mol. The summed E-state index contributed by atoms with van der Waals surface area (Å²) in [5.74, 6) is -0.438. The summed E-state index contributed by atoms with van der Waals surface area (Å²) in [6, 6.07) is 10.8. The molecule has 30 heavy (non-hydrogen) atoms. The average molecular weight is 434 g/mol. The first kappa shape index (κ1) is 22.4. The second-order valence-corrected chi connectivity index (χ2v) is 9.53. The van der Waals surface area contributed by atoms with E-state index in [0.717, 1.165) is 24.2 Å². The van der Waals surface area contributed by atoms with Crippen LogP contribution in [0.1, 0.15) is 23.1 Å². The molecule has 0 radical (unpaired) electrons. The van der Waals surface area contributed by atoms with Crippen molar-refractivity contribution >= 4 is 15.9 Å². The van der Waals surface area contributed by atoms with Crippen LogP contribution in [0.15, 0.2) is 47.4 Å². The van der Waals surface area contributed by atoms with Crippen molar-refractivity contribution in [2.45, 2.75) is 31.7 Å². The zero-order valence-corrected chi connectivity index (χ0v) is 18.2. The Hall–Kier alpha value is -2.29. The van der Waals surface area contributed by atoms with Gasteiger partial charge in [0.2, 0.25) is 15.9 Å². The Bertz CT molecular complexity index is 987. The van der Waals surface area contributed by atoms with Crippen LogP contribution in [0.2, 0.25) is 0 Å². The van der Waals surface area contributed by atoms with Crippen molar-refractivity contribution < 1.29 is 17.6 Å². The van der Waals surface area contributed by atoms with Crippen molar-refractivity contribution in [3.8, 4) is 0 Å². The zero-order valence-electron chi connectivity index (χ0n) is 17.4. The van der Waals surface area contributed by atoms with E-state index in [1.54, 1.807) is 35.2 Å². The number of halogens is 1. The van der Waals surface area contributed by atoms with Crippen LogP contribution in [0, 0.1) is 19.7 Å². The average Bonchev–Trinajstić information content (AvgIpc) is 2.74. The van der Waals surface area contributed by atoms with Gasteiger partial charge < -0.3 is 10.2 Å². The lowest BCUT2D eigenvalue weighted by Crippen LogP contribution is -2.47. The molecule has 2 aromatic carbocycles. The Morgan fingerprint density at radius 1 is 1.07 bits per heavy atom. The molecule has 0 unspecified atom stereocenters. The number of rotatable bonds is 7. The highest BCUT2D eigenvalue weighted by molar-refractivity contribution is 7.89. The van der Waals surface area contributed by atoms with Crippen LogP contribution in [-0.2, 0) is 21.4 Å². The maximum Gasteiger partial charge on any atom is 0.243 e. The monoisotopic (exact) mass is 433 g/mol. The number of benzene rings is 2. The fraction of sp³-hybridized carbons (Fsp3) is 0.409. The first-order valence-corrected chi connectivity index (χ1v) is 11.5. The van der Waals surface area contributed by atoms with Gasteiger partial charge in [-0.3, -0.25) is 4.79 Å². The van der Waals surface area contributed by atoms with Gasteiger partial charge in [0.25, 0.3) is 0 Å². The molecule has 1 amide bonds. The van der Waals surface area contributed by atoms with Crippen LogP contribution in [0.5, 0.6) is 0 Å². The van der Waals surface area contributed by atoms with Gasteiger partial charge in [0.05, 0.1) is 4.90 Å². The zero-order chi connectivity index (χ0) is 21.7. The van der Waals surface area contributed by atoms with Crippen LogP contribution in [-0.4, -0.2) is 56.3 Å². The molecule has 0 aliphatic carbocycles. The molecule has 0 saturated carbocycles. The molecule has 2 aromatic rings. The predicted octanol–water partition coefficient (Wildman–Crippen LogP) is 2.46. The first-order valence-electron chi connectivity index (χ1n) is 10.1. The second kappa shape index (κ2) is 9.68. The number of amides is 1. The fourth-order valence-corrected chi connectivity index (χ4v) is 4.91. The third-order valence-corrected chi connectivity index (χ3v) is 7.27. The highest BCUT2D eigenvalue weighted by Gasteiger charge is 2.27. The molecule has 0 atom stereocenters. The number of carbonyl (C=O) groups excluding carboxylic acids is 1. The topological polar surface area (TPSA) is 69.7 Å². The van der Waals surface area contributed by atoms with Gasteiger partial charge in [-0.2, -0.15) is 4.31 Å². The van der Waals surface area contributed by atoms with E-state index in [-0.39, 0.29) is 36.1 Å². The summed E-state index contributed by atoms with van der Waals surface area (Å²) in [7, 11) is -3.82. The van der Waals surface area contributed by atoms with E-state index in [0.29, 0.717) is 18.7 Å². The molecule has 1 heterocycles. The van der Waals surface area contributed by atoms with E-state index in [9.17, 15) is 17.6 Å². The summed E-state index contributed by atoms with van der Waals surface area (Å²) in [5, 5.41) is 3.20. The fourth-order valence-electron chi connectivity index (χ4n) is 3.39. The smallest absolute Gasteiger partial charge is 0.243 e. The summed E-state index contributed by atoms with van der Waals surface area (Å²) in [5.41, 5.74) is 2.56. The van der Waals surface area contributed by atoms with Crippen molar-refractivity contribution in [1.82, 2.24) is 14.5 Å². The molecule has 6 nitrogen and oxygen atoms in total. The molecular formula is C22H28FN3O3S. The van der Waals surface area contributed by atoms with Crippen molar-refractivity contribution in [1.29, 1.82) is 0 Å². The number of piperazine rings is 1. The molecule has 1 aliphatic heterocycles. The first-order chi connectivity index (χ1) is 14.3. The number of nitrogens with one attached hydrogen (secondary N) is 1. The maximum absolute atomic E-state index is 13.4. The SMILES string of the molecule is Cc1ccc(S(=O)(=O)N(CCC(=O)N2CCNCC2)Cc2ccc(F)cc2)cc1C. The number of aryl methyl sites for hydroxylation is 2. The van der Waals surface area contributed by atoms with E-state index in [1.165, 1.54) is 16.4 Å². The van der Waals surface area contributed by atoms with Gasteiger partial charge in [0.1, 0.15) is 5.82 Å². The Labute approximate surface area is 177 Å². The second-order valence-electron chi connectivity index (χ2n) is 7.59. The Kier molecular flexibility index (Phi) is 7.23. The van der Waals surface area contributed by atoms with Gasteiger partial charge in [0.15, 0.2) is 0 Å². The molecule has 162 valence electrons. The molecular weight excluding hydrogens is 405 g/mol. The lowest BCUT2D eigenvalue weighted by molar-refractivity contribution is -0.131. The molecule has 0 spiro atoms. The molecule has 3 rings (SSSR count). The van der Waals surface area contributed by atoms with Gasteiger partial charge in [-0.15, -0.1) is 0 Å². The van der Waals surface area contributed by atoms with Crippen molar-refractivity contribution in [3.63, 3.8) is 0 Å². The molecule has 1 fully saturated rings. The van der Waals surface area contributed by atoms with E-state index in [1.807, 2.05) is 13.8 Å². The van der Waals surface area contributed by atoms with Crippen molar-refractivity contribution in [3.05, 3.63) is 65.0 Å². The quantitative estimate of drug-likeness (QED) is 0.728. The molecule has 1 aliphatic rings. The third-order valence-electron chi connectivity index (χ3n) is 5.43. The molecule has 1 saturated heterocycles. The van der Waals surface area contributed by atoms with Gasteiger partial charge >= 0.3 is 0 Å². The van der Waals surface area contributed by atoms with Crippen LogP contribution in [0.4, 0.5) is 4.39 Å². The van der Waals surface area contributed by atoms with Gasteiger partial charge in [-0.1, -0.05) is 18.2 Å². The Balaban J connectivity index is 1.82. The van der Waals surface area contributed by atoms with E-state index in [4.69, 9.17) is 0 Å². The number of sulfonamides is 1. The van der Waals surface area contributed by atoms with E-state index in [2.05, 4.69) is 5.32 Å². The van der Waals surface area contributed by atoms with Crippen LogP contribution < -0.4 is 5.32 Å². The van der Waals surface area contributed by atoms with E-state index >= 15 is 0 Å². The highest BCUT2D eigenvalue weighted by atomic mass is 32.2. The minimum atomic E-state index is -3.82. The Morgan fingerprint density at radius 3 is 2.37 bits per heavy atom. The summed E-state index contributed by atoms with van der Waals surface area (Å²) < 4.78 is 41.3. The number of hydrogen-bond donors (Lipinski definition) is 1. The van der Waals surface area contributed by atoms with Gasteiger partial charge in [0, 0.05) is 45.7 Å². The lowest BCUT2D eigenvalue weighted by Gasteiger charge is -2.29. The number of carbonyl (C=O) groups is 1.